The Bertz CT molecular complexity index is 5790. The average molecular weight is 2020 g/mol. The number of nitrogens with two attached hydrogens (primary N) is 1. The molecule has 13 aromatic rings. The number of aromatic nitrogens is 2. The number of anilines is 6. The summed E-state index contributed by atoms with van der Waals surface area (Å²) in [5.41, 5.74) is 30.5. The molecule has 0 bridgehead atoms. The molecule has 136 heavy (non-hydrogen) atoms. The lowest BCUT2D eigenvalue weighted by Gasteiger charge is -2.16. The summed E-state index contributed by atoms with van der Waals surface area (Å²) in [6, 6.07) is 89.9. The topological polar surface area (TPSA) is 231 Å². The van der Waals surface area contributed by atoms with E-state index in [1.165, 1.54) is 27.9 Å². The summed E-state index contributed by atoms with van der Waals surface area (Å²) >= 11 is 15.3. The van der Waals surface area contributed by atoms with Gasteiger partial charge in [0.2, 0.25) is 0 Å². The van der Waals surface area contributed by atoms with Gasteiger partial charge in [-0.05, 0) is 222 Å². The van der Waals surface area contributed by atoms with Crippen LogP contribution in [0.4, 0.5) is 34.1 Å². The van der Waals surface area contributed by atoms with E-state index in [4.69, 9.17) is 66.7 Å². The number of carbonyl (C=O) groups excluding carboxylic acids is 1. The quantitative estimate of drug-likeness (QED) is 0.0242. The standard InChI is InChI=1S/2C23H26N2O2S.C17H20N2OS.C17H18N2O.C16H18BrNO.C9H12BrNO.C6H8O2/c2*1-25(2)18-11-12-19(23-24-20-9-6-10-21(26)22(20)28-23)17(13-18)15-27-14-16-7-4-3-5-8-16;1-19(2)15-8-9-16(17(18)21)14(10-15)12-20-11-13-6-4-3-5-7-13;1-19(2)17-9-8-15(11-18)16(10-17)13-20-12-14-6-4-3-5-7-14;1-18(2)15-8-9-16(17)14(10-15)12-19-11-13-6-4-3-5-7-13;1-11(2)8-3-4-9(10)7(5-8)6-12;7-4-2-1-3-5-6(4)8-5/h2*3-5,7-8,11-13,21,26H,6,9-10,14-15H2,1-2H3;3-10H,11-12H2,1-2H3,(H2,18,21);3-10H,12-13H2,1-2H3;3-10H,11-12H2,1-2H3;3-5,12H,6H2,1-2H3;5-6H,1-3H2. The number of rotatable bonds is 30. The van der Waals surface area contributed by atoms with Gasteiger partial charge in [-0.15, -0.1) is 22.7 Å². The fourth-order valence-corrected chi connectivity index (χ4v) is 18.5. The molecular weight excluding hydrogens is 1890 g/mol. The van der Waals surface area contributed by atoms with Gasteiger partial charge in [-0.25, -0.2) is 9.97 Å². The average Bonchev–Trinajstić information content (AvgIpc) is 1.65. The largest absolute Gasteiger partial charge is 0.392 e. The Morgan fingerprint density at radius 3 is 1.07 bits per heavy atom. The van der Waals surface area contributed by atoms with E-state index >= 15 is 0 Å². The Morgan fingerprint density at radius 2 is 0.721 bits per heavy atom. The molecule has 3 aliphatic carbocycles. The molecule has 1 aliphatic heterocycles. The molecule has 17 rings (SSSR count). The number of aryl methyl sites for hydroxylation is 2. The van der Waals surface area contributed by atoms with Crippen LogP contribution in [0.25, 0.3) is 21.1 Å². The number of halogens is 2. The minimum atomic E-state index is -0.367. The molecule has 1 saturated carbocycles. The maximum atomic E-state index is 10.7. The number of ether oxygens (including phenoxy) is 6. The second-order valence-corrected chi connectivity index (χ2v) is 38.9. The zero-order valence-electron chi connectivity index (χ0n) is 80.1. The number of hydrogen-bond donors (Lipinski definition) is 4. The highest BCUT2D eigenvalue weighted by molar-refractivity contribution is 9.10. The summed E-state index contributed by atoms with van der Waals surface area (Å²) in [6.45, 7) is 5.60. The summed E-state index contributed by atoms with van der Waals surface area (Å²) in [5, 5.41) is 40.7. The molecule has 2 fully saturated rings. The Morgan fingerprint density at radius 1 is 0.412 bits per heavy atom. The van der Waals surface area contributed by atoms with Gasteiger partial charge in [-0.2, -0.15) is 5.26 Å². The molecule has 4 unspecified atom stereocenters. The van der Waals surface area contributed by atoms with Crippen LogP contribution in [0.1, 0.15) is 151 Å². The highest BCUT2D eigenvalue weighted by atomic mass is 79.9. The number of thiocarbonyl (C=S) groups is 1. The van der Waals surface area contributed by atoms with Crippen molar-refractivity contribution in [3.05, 3.63) is 363 Å². The smallest absolute Gasteiger partial charge is 0.164 e. The summed E-state index contributed by atoms with van der Waals surface area (Å²) in [7, 11) is 24.2. The van der Waals surface area contributed by atoms with Gasteiger partial charge in [0, 0.05) is 151 Å². The van der Waals surface area contributed by atoms with E-state index in [0.717, 1.165) is 182 Å². The van der Waals surface area contributed by atoms with Crippen molar-refractivity contribution in [1.82, 2.24) is 9.97 Å². The van der Waals surface area contributed by atoms with Crippen LogP contribution in [-0.2, 0) is 119 Å². The van der Waals surface area contributed by atoms with Crippen molar-refractivity contribution in [2.45, 2.75) is 155 Å². The number of nitriles is 1. The molecular formula is C111H128Br2N10O10S3. The maximum Gasteiger partial charge on any atom is 0.164 e. The molecule has 1 saturated heterocycles. The summed E-state index contributed by atoms with van der Waals surface area (Å²) in [6.07, 6.45) is 8.12. The first kappa shape index (κ1) is 106. The van der Waals surface area contributed by atoms with E-state index in [1.54, 1.807) is 22.7 Å². The van der Waals surface area contributed by atoms with E-state index < -0.39 is 0 Å². The molecule has 4 aliphatic rings. The number of aliphatic hydroxyl groups excluding tert-OH is 3. The number of epoxide rings is 1. The zero-order chi connectivity index (χ0) is 97.0. The van der Waals surface area contributed by atoms with Crippen LogP contribution in [-0.4, -0.2) is 133 Å². The number of thiazole rings is 2. The van der Waals surface area contributed by atoms with Gasteiger partial charge in [-0.1, -0.05) is 196 Å². The third kappa shape index (κ3) is 32.7. The fourth-order valence-electron chi connectivity index (χ4n) is 15.1. The Labute approximate surface area is 834 Å². The van der Waals surface area contributed by atoms with E-state index in [9.17, 15) is 15.0 Å². The molecule has 0 radical (unpaired) electrons. The molecule has 20 nitrogen and oxygen atoms in total. The SMILES string of the molecule is CN(C)c1ccc(-c2nc3c(s2)C(O)CCC3)c(COCc2ccccc2)c1.CN(C)c1ccc(-c2nc3c(s2)C(O)CCC3)c(COCc2ccccc2)c1.CN(C)c1ccc(Br)c(CO)c1.CN(C)c1ccc(Br)c(COCc2ccccc2)c1.CN(C)c1ccc(C#N)c(COCc2ccccc2)c1.CN(C)c1ccc(C(N)=S)c(COCc2ccccc2)c1.O=C1CCCC2OC12. The Hall–Kier alpha value is -10.9. The highest BCUT2D eigenvalue weighted by Gasteiger charge is 2.46. The molecule has 714 valence electrons. The normalized spacial score (nSPS) is 14.6. The van der Waals surface area contributed by atoms with E-state index in [0.29, 0.717) is 88.5 Å². The second kappa shape index (κ2) is 54.3. The second-order valence-electron chi connectivity index (χ2n) is 34.7. The number of ketones is 1. The number of hydrogen-bond acceptors (Lipinski definition) is 22. The van der Waals surface area contributed by atoms with Gasteiger partial charge < -0.3 is 78.9 Å². The predicted octanol–water partition coefficient (Wildman–Crippen LogP) is 23.1. The first-order valence-corrected chi connectivity index (χ1v) is 49.4. The summed E-state index contributed by atoms with van der Waals surface area (Å²) < 4.78 is 36.4. The molecule has 5 N–H and O–H groups in total. The van der Waals surface area contributed by atoms with Gasteiger partial charge in [0.1, 0.15) is 21.1 Å². The molecule has 11 aromatic carbocycles. The van der Waals surface area contributed by atoms with Crippen LogP contribution in [0.15, 0.2) is 270 Å². The predicted molar refractivity (Wildman–Crippen MR) is 567 cm³/mol. The number of nitrogens with zero attached hydrogens (tertiary/aromatic N) is 9. The van der Waals surface area contributed by atoms with Gasteiger partial charge >= 0.3 is 0 Å². The molecule has 3 heterocycles. The van der Waals surface area contributed by atoms with Crippen molar-refractivity contribution < 1.29 is 48.5 Å². The third-order valence-corrected chi connectivity index (χ3v) is 27.3. The first-order chi connectivity index (χ1) is 65.7. The van der Waals surface area contributed by atoms with Crippen LogP contribution in [0, 0.1) is 11.3 Å². The van der Waals surface area contributed by atoms with Gasteiger partial charge in [0.15, 0.2) is 5.78 Å². The van der Waals surface area contributed by atoms with Gasteiger partial charge in [0.05, 0.1) is 124 Å². The Balaban J connectivity index is 0.000000156. The van der Waals surface area contributed by atoms with E-state index in [1.807, 2.05) is 263 Å². The minimum absolute atomic E-state index is 0.0312. The highest BCUT2D eigenvalue weighted by Crippen LogP contribution is 2.43. The van der Waals surface area contributed by atoms with Crippen molar-refractivity contribution in [2.24, 2.45) is 5.73 Å². The lowest BCUT2D eigenvalue weighted by atomic mass is 10.00. The number of Topliss-reactive ketones (excluding diaryl/α,β-unsaturated/α-hetero) is 1. The fraction of sp³-hybridized carbons (Fsp3) is 0.324. The molecule has 0 amide bonds. The minimum Gasteiger partial charge on any atom is -0.392 e. The van der Waals surface area contributed by atoms with Crippen molar-refractivity contribution >= 4 is 112 Å². The van der Waals surface area contributed by atoms with Crippen LogP contribution in [0.2, 0.25) is 0 Å². The Kier molecular flexibility index (Phi) is 42.2. The number of aliphatic hydroxyl groups is 3. The van der Waals surface area contributed by atoms with Crippen LogP contribution < -0.4 is 35.1 Å². The third-order valence-electron chi connectivity index (χ3n) is 23.0. The van der Waals surface area contributed by atoms with Crippen molar-refractivity contribution in [2.75, 3.05) is 114 Å². The van der Waals surface area contributed by atoms with Crippen LogP contribution in [0.5, 0.6) is 0 Å². The van der Waals surface area contributed by atoms with Gasteiger partial charge in [0.25, 0.3) is 0 Å². The lowest BCUT2D eigenvalue weighted by Crippen LogP contribution is -2.15. The van der Waals surface area contributed by atoms with Crippen LogP contribution in [0.3, 0.4) is 0 Å². The zero-order valence-corrected chi connectivity index (χ0v) is 85.7. The number of carbonyl (C=O) groups is 1. The number of fused-ring (bicyclic) bond motifs is 3. The van der Waals surface area contributed by atoms with Gasteiger partial charge in [-0.3, -0.25) is 4.79 Å². The van der Waals surface area contributed by atoms with Crippen molar-refractivity contribution in [3.63, 3.8) is 0 Å². The van der Waals surface area contributed by atoms with Crippen molar-refractivity contribution in [3.8, 4) is 27.2 Å². The first-order valence-electron chi connectivity index (χ1n) is 45.8. The summed E-state index contributed by atoms with van der Waals surface area (Å²) in [4.78, 5) is 35.3. The molecule has 2 aromatic heterocycles. The molecule has 0 spiro atoms. The molecule has 4 atom stereocenters. The monoisotopic (exact) mass is 2010 g/mol. The molecule has 25 heteroatoms. The maximum absolute atomic E-state index is 10.7. The van der Waals surface area contributed by atoms with Crippen molar-refractivity contribution in [1.29, 1.82) is 5.26 Å². The van der Waals surface area contributed by atoms with Crippen LogP contribution >= 0.6 is 66.8 Å². The van der Waals surface area contributed by atoms with E-state index in [2.05, 4.69) is 150 Å². The lowest BCUT2D eigenvalue weighted by molar-refractivity contribution is -0.120. The summed E-state index contributed by atoms with van der Waals surface area (Å²) in [5.74, 6) is 0.321. The number of benzene rings is 11. The van der Waals surface area contributed by atoms with E-state index in [-0.39, 0.29) is 24.9 Å².